The van der Waals surface area contributed by atoms with Crippen molar-refractivity contribution in [3.63, 3.8) is 0 Å². The zero-order valence-corrected chi connectivity index (χ0v) is 19.3. The predicted octanol–water partition coefficient (Wildman–Crippen LogP) is 2.60. The van der Waals surface area contributed by atoms with E-state index in [1.807, 2.05) is 24.4 Å². The lowest BCUT2D eigenvalue weighted by molar-refractivity contribution is 0.520. The highest BCUT2D eigenvalue weighted by molar-refractivity contribution is 7.89. The second-order valence-corrected chi connectivity index (χ2v) is 10.3. The van der Waals surface area contributed by atoms with Gasteiger partial charge in [0.25, 0.3) is 0 Å². The van der Waals surface area contributed by atoms with E-state index in [1.165, 1.54) is 4.31 Å². The van der Waals surface area contributed by atoms with Gasteiger partial charge >= 0.3 is 0 Å². The quantitative estimate of drug-likeness (QED) is 0.486. The number of sulfonamides is 1. The molecule has 9 nitrogen and oxygen atoms in total. The summed E-state index contributed by atoms with van der Waals surface area (Å²) in [5.74, 6) is 0.911. The first-order valence-electron chi connectivity index (χ1n) is 10.7. The minimum Gasteiger partial charge on any atom is -0.368 e. The number of aromatic nitrogens is 4. The third kappa shape index (κ3) is 4.03. The molecule has 1 aliphatic heterocycles. The molecule has 0 spiro atoms. The molecular weight excluding hydrogens is 438 g/mol. The number of fused-ring (bicyclic) bond motifs is 1. The molecule has 0 radical (unpaired) electrons. The van der Waals surface area contributed by atoms with Crippen LogP contribution in [0.1, 0.15) is 0 Å². The van der Waals surface area contributed by atoms with Crippen molar-refractivity contribution in [3.05, 3.63) is 61.2 Å². The van der Waals surface area contributed by atoms with Gasteiger partial charge in [0.15, 0.2) is 0 Å². The van der Waals surface area contributed by atoms with Crippen molar-refractivity contribution in [2.75, 3.05) is 50.1 Å². The van der Waals surface area contributed by atoms with Crippen molar-refractivity contribution in [1.82, 2.24) is 24.5 Å². The maximum absolute atomic E-state index is 12.5. The van der Waals surface area contributed by atoms with Crippen molar-refractivity contribution < 1.29 is 8.42 Å². The second-order valence-electron chi connectivity index (χ2n) is 8.18. The summed E-state index contributed by atoms with van der Waals surface area (Å²) in [5, 5.41) is 7.91. The van der Waals surface area contributed by atoms with Gasteiger partial charge in [0.2, 0.25) is 10.0 Å². The van der Waals surface area contributed by atoms with E-state index in [4.69, 9.17) is 0 Å². The Morgan fingerprint density at radius 2 is 1.73 bits per heavy atom. The number of piperazine rings is 1. The van der Waals surface area contributed by atoms with Gasteiger partial charge in [-0.1, -0.05) is 12.1 Å². The number of aromatic amines is 1. The zero-order valence-electron chi connectivity index (χ0n) is 18.5. The monoisotopic (exact) mass is 463 g/mol. The number of rotatable bonds is 5. The van der Waals surface area contributed by atoms with Crippen LogP contribution in [0, 0.1) is 0 Å². The fourth-order valence-electron chi connectivity index (χ4n) is 4.11. The van der Waals surface area contributed by atoms with Crippen molar-refractivity contribution in [1.29, 1.82) is 0 Å². The average molecular weight is 464 g/mol. The Bertz CT molecular complexity index is 1380. The molecule has 4 aromatic rings. The largest absolute Gasteiger partial charge is 0.368 e. The molecule has 0 atom stereocenters. The molecule has 0 amide bonds. The Labute approximate surface area is 192 Å². The Morgan fingerprint density at radius 1 is 0.939 bits per heavy atom. The zero-order chi connectivity index (χ0) is 23.0. The van der Waals surface area contributed by atoms with Gasteiger partial charge in [-0.15, -0.1) is 0 Å². The second kappa shape index (κ2) is 8.45. The Hall–Kier alpha value is -3.50. The number of benzene rings is 2. The molecule has 10 heteroatoms. The van der Waals surface area contributed by atoms with E-state index in [0.29, 0.717) is 4.90 Å². The van der Waals surface area contributed by atoms with Crippen LogP contribution in [0.4, 0.5) is 11.5 Å². The topological polar surface area (TPSA) is 98.3 Å². The molecule has 1 saturated heterocycles. The van der Waals surface area contributed by atoms with Crippen LogP contribution in [-0.2, 0) is 10.0 Å². The highest BCUT2D eigenvalue weighted by atomic mass is 32.2. The third-order valence-electron chi connectivity index (χ3n) is 5.99. The molecule has 1 aliphatic rings. The molecule has 0 bridgehead atoms. The molecule has 0 saturated carbocycles. The van der Waals surface area contributed by atoms with Gasteiger partial charge in [-0.05, 0) is 35.9 Å². The SMILES string of the molecule is CN(C)S(=O)(=O)c1cccc(N2CCN(c3ncnc4ccc(-c5cn[nH]c5)cc34)CC2)c1. The lowest BCUT2D eigenvalue weighted by Crippen LogP contribution is -2.47. The van der Waals surface area contributed by atoms with E-state index < -0.39 is 10.0 Å². The van der Waals surface area contributed by atoms with Crippen LogP contribution < -0.4 is 9.80 Å². The van der Waals surface area contributed by atoms with Crippen LogP contribution in [0.5, 0.6) is 0 Å². The minimum absolute atomic E-state index is 0.306. The van der Waals surface area contributed by atoms with Crippen LogP contribution in [0.15, 0.2) is 66.1 Å². The molecule has 3 heterocycles. The van der Waals surface area contributed by atoms with Gasteiger partial charge in [-0.2, -0.15) is 5.10 Å². The number of H-pyrrole nitrogens is 1. The lowest BCUT2D eigenvalue weighted by atomic mass is 10.1. The third-order valence-corrected chi connectivity index (χ3v) is 7.80. The molecule has 2 aromatic heterocycles. The lowest BCUT2D eigenvalue weighted by Gasteiger charge is -2.37. The summed E-state index contributed by atoms with van der Waals surface area (Å²) in [4.78, 5) is 13.8. The van der Waals surface area contributed by atoms with Crippen LogP contribution in [-0.4, -0.2) is 73.2 Å². The standard InChI is InChI=1S/C23H25N7O2S/c1-28(2)33(31,32)20-5-3-4-19(13-20)29-8-10-30(11-9-29)23-21-12-17(18-14-26-27-15-18)6-7-22(21)24-16-25-23/h3-7,12-16H,8-11H2,1-2H3,(H,26,27). The van der Waals surface area contributed by atoms with Crippen LogP contribution in [0.25, 0.3) is 22.0 Å². The highest BCUT2D eigenvalue weighted by Gasteiger charge is 2.23. The van der Waals surface area contributed by atoms with Crippen LogP contribution in [0.2, 0.25) is 0 Å². The van der Waals surface area contributed by atoms with Crippen molar-refractivity contribution in [2.45, 2.75) is 4.90 Å². The number of nitrogens with one attached hydrogen (secondary N) is 1. The van der Waals surface area contributed by atoms with Crippen LogP contribution in [0.3, 0.4) is 0 Å². The summed E-state index contributed by atoms with van der Waals surface area (Å²) in [6.07, 6.45) is 5.28. The van der Waals surface area contributed by atoms with Crippen LogP contribution >= 0.6 is 0 Å². The number of nitrogens with zero attached hydrogens (tertiary/aromatic N) is 6. The van der Waals surface area contributed by atoms with E-state index in [0.717, 1.165) is 59.7 Å². The first-order chi connectivity index (χ1) is 15.9. The van der Waals surface area contributed by atoms with Gasteiger partial charge in [0.05, 0.1) is 16.6 Å². The smallest absolute Gasteiger partial charge is 0.242 e. The summed E-state index contributed by atoms with van der Waals surface area (Å²) in [6, 6.07) is 13.3. The summed E-state index contributed by atoms with van der Waals surface area (Å²) in [6.45, 7) is 3.07. The predicted molar refractivity (Wildman–Crippen MR) is 129 cm³/mol. The Balaban J connectivity index is 1.38. The normalized spacial score (nSPS) is 14.9. The number of hydrogen-bond donors (Lipinski definition) is 1. The average Bonchev–Trinajstić information content (AvgIpc) is 3.38. The summed E-state index contributed by atoms with van der Waals surface area (Å²) in [7, 11) is -0.373. The number of hydrogen-bond acceptors (Lipinski definition) is 7. The van der Waals surface area contributed by atoms with E-state index in [1.54, 1.807) is 44.8 Å². The van der Waals surface area contributed by atoms with Gasteiger partial charge in [0, 0.05) is 63.1 Å². The first kappa shape index (κ1) is 21.4. The van der Waals surface area contributed by atoms with Crippen molar-refractivity contribution in [3.8, 4) is 11.1 Å². The first-order valence-corrected chi connectivity index (χ1v) is 12.1. The highest BCUT2D eigenvalue weighted by Crippen LogP contribution is 2.30. The fourth-order valence-corrected chi connectivity index (χ4v) is 5.05. The van der Waals surface area contributed by atoms with E-state index in [-0.39, 0.29) is 0 Å². The molecule has 1 N–H and O–H groups in total. The molecule has 0 unspecified atom stereocenters. The summed E-state index contributed by atoms with van der Waals surface area (Å²) in [5.41, 5.74) is 3.89. The summed E-state index contributed by atoms with van der Waals surface area (Å²) < 4.78 is 26.3. The molecule has 33 heavy (non-hydrogen) atoms. The molecule has 0 aliphatic carbocycles. The molecule has 1 fully saturated rings. The van der Waals surface area contributed by atoms with E-state index in [2.05, 4.69) is 36.0 Å². The van der Waals surface area contributed by atoms with Crippen molar-refractivity contribution in [2.24, 2.45) is 0 Å². The molecule has 5 rings (SSSR count). The molecule has 2 aromatic carbocycles. The van der Waals surface area contributed by atoms with Gasteiger partial charge in [0.1, 0.15) is 12.1 Å². The fraction of sp³-hybridized carbons (Fsp3) is 0.261. The maximum Gasteiger partial charge on any atom is 0.242 e. The van der Waals surface area contributed by atoms with Gasteiger partial charge < -0.3 is 9.80 Å². The molecular formula is C23H25N7O2S. The Morgan fingerprint density at radius 3 is 2.45 bits per heavy atom. The van der Waals surface area contributed by atoms with Gasteiger partial charge in [-0.25, -0.2) is 22.7 Å². The van der Waals surface area contributed by atoms with Gasteiger partial charge in [-0.3, -0.25) is 5.10 Å². The minimum atomic E-state index is -3.47. The Kier molecular flexibility index (Phi) is 5.47. The molecule has 170 valence electrons. The van der Waals surface area contributed by atoms with Crippen molar-refractivity contribution >= 4 is 32.4 Å². The number of anilines is 2. The van der Waals surface area contributed by atoms with E-state index >= 15 is 0 Å². The maximum atomic E-state index is 12.5. The summed E-state index contributed by atoms with van der Waals surface area (Å²) >= 11 is 0. The van der Waals surface area contributed by atoms with E-state index in [9.17, 15) is 8.42 Å².